The van der Waals surface area contributed by atoms with Gasteiger partial charge in [0.15, 0.2) is 5.58 Å². The van der Waals surface area contributed by atoms with Crippen molar-refractivity contribution in [1.29, 1.82) is 0 Å². The van der Waals surface area contributed by atoms with E-state index in [1.165, 1.54) is 18.2 Å². The first kappa shape index (κ1) is 14.3. The van der Waals surface area contributed by atoms with Crippen LogP contribution in [0, 0.1) is 0 Å². The second kappa shape index (κ2) is 5.45. The monoisotopic (exact) mass is 282 g/mol. The smallest absolute Gasteiger partial charge is 0.335 e. The Morgan fingerprint density at radius 2 is 1.90 bits per heavy atom. The van der Waals surface area contributed by atoms with Gasteiger partial charge >= 0.3 is 5.97 Å². The zero-order chi connectivity index (χ0) is 14.8. The van der Waals surface area contributed by atoms with Crippen molar-refractivity contribution in [3.05, 3.63) is 23.8 Å². The third-order valence-corrected chi connectivity index (χ3v) is 2.92. The van der Waals surface area contributed by atoms with Gasteiger partial charge in [0.25, 0.3) is 6.01 Å². The molecule has 0 bridgehead atoms. The maximum Gasteiger partial charge on any atom is 0.335 e. The molecule has 8 nitrogen and oxygen atoms in total. The molecule has 0 atom stereocenters. The van der Waals surface area contributed by atoms with Gasteiger partial charge < -0.3 is 30.2 Å². The van der Waals surface area contributed by atoms with Gasteiger partial charge in [0.1, 0.15) is 11.1 Å². The van der Waals surface area contributed by atoms with E-state index in [0.29, 0.717) is 5.52 Å². The molecular formula is C12H14N2O6. The lowest BCUT2D eigenvalue weighted by Crippen LogP contribution is -2.49. The van der Waals surface area contributed by atoms with Gasteiger partial charge in [0.05, 0.1) is 25.4 Å². The predicted molar refractivity (Wildman–Crippen MR) is 68.6 cm³/mol. The van der Waals surface area contributed by atoms with Crippen LogP contribution in [0.25, 0.3) is 11.1 Å². The zero-order valence-corrected chi connectivity index (χ0v) is 10.4. The first-order valence-electron chi connectivity index (χ1n) is 5.78. The summed E-state index contributed by atoms with van der Waals surface area (Å²) in [5.41, 5.74) is -0.649. The Morgan fingerprint density at radius 1 is 1.25 bits per heavy atom. The summed E-state index contributed by atoms with van der Waals surface area (Å²) >= 11 is 0. The molecular weight excluding hydrogens is 268 g/mol. The number of aromatic nitrogens is 1. The minimum absolute atomic E-state index is 0.0281. The summed E-state index contributed by atoms with van der Waals surface area (Å²) in [5.74, 6) is -1.09. The van der Waals surface area contributed by atoms with Gasteiger partial charge in [-0.2, -0.15) is 4.98 Å². The number of carboxylic acids is 1. The number of hydrogen-bond acceptors (Lipinski definition) is 7. The van der Waals surface area contributed by atoms with Crippen molar-refractivity contribution in [1.82, 2.24) is 4.98 Å². The number of benzene rings is 1. The van der Waals surface area contributed by atoms with Gasteiger partial charge in [-0.15, -0.1) is 0 Å². The number of aromatic carboxylic acids is 1. The van der Waals surface area contributed by atoms with E-state index in [9.17, 15) is 20.1 Å². The second-order valence-corrected chi connectivity index (χ2v) is 4.39. The third-order valence-electron chi connectivity index (χ3n) is 2.92. The summed E-state index contributed by atoms with van der Waals surface area (Å²) in [6.45, 7) is -1.59. The van der Waals surface area contributed by atoms with Gasteiger partial charge in [-0.25, -0.2) is 4.79 Å². The van der Waals surface area contributed by atoms with Crippen LogP contribution in [0.4, 0.5) is 6.01 Å². The van der Waals surface area contributed by atoms with Gasteiger partial charge in [-0.3, -0.25) is 0 Å². The van der Waals surface area contributed by atoms with Crippen molar-refractivity contribution in [2.45, 2.75) is 5.54 Å². The maximum absolute atomic E-state index is 10.8. The molecule has 0 unspecified atom stereocenters. The number of nitrogens with one attached hydrogen (secondary N) is 1. The van der Waals surface area contributed by atoms with E-state index in [2.05, 4.69) is 10.3 Å². The largest absolute Gasteiger partial charge is 0.478 e. The zero-order valence-electron chi connectivity index (χ0n) is 10.4. The van der Waals surface area contributed by atoms with Crippen LogP contribution in [0.15, 0.2) is 22.6 Å². The Kier molecular flexibility index (Phi) is 3.89. The minimum atomic E-state index is -1.36. The Labute approximate surface area is 113 Å². The molecule has 0 saturated heterocycles. The molecule has 0 amide bonds. The molecule has 108 valence electrons. The highest BCUT2D eigenvalue weighted by molar-refractivity contribution is 5.92. The fourth-order valence-electron chi connectivity index (χ4n) is 1.61. The fourth-order valence-corrected chi connectivity index (χ4v) is 1.61. The van der Waals surface area contributed by atoms with Crippen LogP contribution >= 0.6 is 0 Å². The number of aliphatic hydroxyl groups excluding tert-OH is 3. The third kappa shape index (κ3) is 2.57. The molecule has 1 heterocycles. The Hall–Kier alpha value is -2.16. The second-order valence-electron chi connectivity index (χ2n) is 4.39. The molecule has 0 aliphatic carbocycles. The lowest BCUT2D eigenvalue weighted by atomic mass is 10.0. The first-order valence-corrected chi connectivity index (χ1v) is 5.78. The molecule has 20 heavy (non-hydrogen) atoms. The number of rotatable bonds is 6. The molecule has 0 radical (unpaired) electrons. The summed E-state index contributed by atoms with van der Waals surface area (Å²) in [6.07, 6.45) is 0. The molecule has 0 spiro atoms. The molecule has 0 saturated carbocycles. The average Bonchev–Trinajstić information content (AvgIpc) is 2.85. The molecule has 0 fully saturated rings. The molecule has 5 N–H and O–H groups in total. The van der Waals surface area contributed by atoms with Crippen molar-refractivity contribution in [2.75, 3.05) is 25.1 Å². The number of anilines is 1. The Morgan fingerprint density at radius 3 is 2.45 bits per heavy atom. The Bertz CT molecular complexity index is 611. The van der Waals surface area contributed by atoms with Crippen molar-refractivity contribution in [3.8, 4) is 0 Å². The number of hydrogen-bond donors (Lipinski definition) is 5. The number of nitrogens with zero attached hydrogens (tertiary/aromatic N) is 1. The van der Waals surface area contributed by atoms with E-state index < -0.39 is 31.3 Å². The van der Waals surface area contributed by atoms with E-state index >= 15 is 0 Å². The minimum Gasteiger partial charge on any atom is -0.478 e. The SMILES string of the molecule is O=C(O)c1ccc2nc(NC(CO)(CO)CO)oc2c1. The number of oxazole rings is 1. The van der Waals surface area contributed by atoms with E-state index in [1.54, 1.807) is 0 Å². The molecule has 1 aromatic heterocycles. The summed E-state index contributed by atoms with van der Waals surface area (Å²) in [5, 5.41) is 39.1. The number of aliphatic hydroxyl groups is 3. The van der Waals surface area contributed by atoms with Crippen LogP contribution in [-0.4, -0.2) is 56.7 Å². The highest BCUT2D eigenvalue weighted by Crippen LogP contribution is 2.22. The van der Waals surface area contributed by atoms with E-state index in [-0.39, 0.29) is 17.2 Å². The summed E-state index contributed by atoms with van der Waals surface area (Å²) in [7, 11) is 0. The summed E-state index contributed by atoms with van der Waals surface area (Å²) in [6, 6.07) is 4.15. The van der Waals surface area contributed by atoms with Gasteiger partial charge in [0.2, 0.25) is 0 Å². The molecule has 1 aromatic carbocycles. The summed E-state index contributed by atoms with van der Waals surface area (Å²) < 4.78 is 5.30. The van der Waals surface area contributed by atoms with Gasteiger partial charge in [-0.1, -0.05) is 0 Å². The fraction of sp³-hybridized carbons (Fsp3) is 0.333. The molecule has 2 aromatic rings. The average molecular weight is 282 g/mol. The van der Waals surface area contributed by atoms with E-state index in [0.717, 1.165) is 0 Å². The lowest BCUT2D eigenvalue weighted by molar-refractivity contribution is 0.0696. The Balaban J connectivity index is 2.34. The maximum atomic E-state index is 10.8. The van der Waals surface area contributed by atoms with Gasteiger partial charge in [-0.05, 0) is 18.2 Å². The highest BCUT2D eigenvalue weighted by Gasteiger charge is 2.29. The molecule has 2 rings (SSSR count). The highest BCUT2D eigenvalue weighted by atomic mass is 16.4. The van der Waals surface area contributed by atoms with Crippen LogP contribution in [0.2, 0.25) is 0 Å². The van der Waals surface area contributed by atoms with Crippen molar-refractivity contribution in [2.24, 2.45) is 0 Å². The molecule has 0 aliphatic rings. The predicted octanol–water partition coefficient (Wildman–Crippen LogP) is -0.346. The van der Waals surface area contributed by atoms with Crippen molar-refractivity contribution >= 4 is 23.1 Å². The van der Waals surface area contributed by atoms with Crippen molar-refractivity contribution in [3.63, 3.8) is 0 Å². The van der Waals surface area contributed by atoms with Crippen LogP contribution in [0.5, 0.6) is 0 Å². The topological polar surface area (TPSA) is 136 Å². The lowest BCUT2D eigenvalue weighted by Gasteiger charge is -2.27. The number of fused-ring (bicyclic) bond motifs is 1. The van der Waals surface area contributed by atoms with Crippen LogP contribution < -0.4 is 5.32 Å². The quantitative estimate of drug-likeness (QED) is 0.485. The molecule has 8 heteroatoms. The number of carboxylic acid groups (broad SMARTS) is 1. The normalized spacial score (nSPS) is 11.8. The summed E-state index contributed by atoms with van der Waals surface area (Å²) in [4.78, 5) is 14.9. The van der Waals surface area contributed by atoms with Crippen LogP contribution in [-0.2, 0) is 0 Å². The van der Waals surface area contributed by atoms with Crippen LogP contribution in [0.3, 0.4) is 0 Å². The van der Waals surface area contributed by atoms with E-state index in [4.69, 9.17) is 9.52 Å². The number of carbonyl (C=O) groups is 1. The van der Waals surface area contributed by atoms with Gasteiger partial charge in [0, 0.05) is 0 Å². The van der Waals surface area contributed by atoms with E-state index in [1.807, 2.05) is 0 Å². The molecule has 0 aliphatic heterocycles. The first-order chi connectivity index (χ1) is 9.53. The van der Waals surface area contributed by atoms with Crippen LogP contribution in [0.1, 0.15) is 10.4 Å². The van der Waals surface area contributed by atoms with Crippen molar-refractivity contribution < 1.29 is 29.6 Å². The standard InChI is InChI=1S/C12H14N2O6/c15-4-12(5-16,6-17)14-11-13-8-2-1-7(10(18)19)3-9(8)20-11/h1-3,15-17H,4-6H2,(H,13,14)(H,18,19).